The van der Waals surface area contributed by atoms with E-state index < -0.39 is 17.8 Å². The summed E-state index contributed by atoms with van der Waals surface area (Å²) in [4.78, 5) is 17.0. The van der Waals surface area contributed by atoms with Gasteiger partial charge in [0.05, 0.1) is 12.8 Å². The van der Waals surface area contributed by atoms with Crippen molar-refractivity contribution >= 4 is 17.2 Å². The third-order valence-corrected chi connectivity index (χ3v) is 4.82. The highest BCUT2D eigenvalue weighted by Crippen LogP contribution is 2.32. The van der Waals surface area contributed by atoms with Crippen LogP contribution in [0.1, 0.15) is 27.3 Å². The van der Waals surface area contributed by atoms with E-state index in [4.69, 9.17) is 4.74 Å². The fourth-order valence-corrected chi connectivity index (χ4v) is 3.44. The molecule has 0 atom stereocenters. The van der Waals surface area contributed by atoms with Crippen LogP contribution < -0.4 is 10.1 Å². The van der Waals surface area contributed by atoms with E-state index in [9.17, 15) is 18.0 Å². The highest BCUT2D eigenvalue weighted by atomic mass is 19.4. The molecular weight excluding hydrogens is 421 g/mol. The second-order valence-electron chi connectivity index (χ2n) is 7.38. The van der Waals surface area contributed by atoms with Crippen molar-refractivity contribution in [3.05, 3.63) is 77.1 Å². The molecule has 0 aliphatic rings. The molecule has 4 aromatic rings. The molecule has 0 spiro atoms. The lowest BCUT2D eigenvalue weighted by Gasteiger charge is -2.11. The Morgan fingerprint density at radius 1 is 1.00 bits per heavy atom. The van der Waals surface area contributed by atoms with E-state index in [0.29, 0.717) is 21.5 Å². The molecule has 0 saturated heterocycles. The summed E-state index contributed by atoms with van der Waals surface area (Å²) in [5.74, 6) is -0.0554. The van der Waals surface area contributed by atoms with Crippen LogP contribution in [-0.2, 0) is 6.18 Å². The van der Waals surface area contributed by atoms with Gasteiger partial charge in [0.2, 0.25) is 0 Å². The zero-order valence-electron chi connectivity index (χ0n) is 17.5. The fourth-order valence-electron chi connectivity index (χ4n) is 3.44. The molecule has 2 aromatic carbocycles. The molecule has 164 valence electrons. The van der Waals surface area contributed by atoms with Gasteiger partial charge in [0.1, 0.15) is 5.75 Å². The van der Waals surface area contributed by atoms with Gasteiger partial charge in [0.15, 0.2) is 17.0 Å². The first-order chi connectivity index (χ1) is 15.1. The number of anilines is 1. The number of methoxy groups -OCH3 is 1. The van der Waals surface area contributed by atoms with Crippen LogP contribution in [0.2, 0.25) is 0 Å². The minimum Gasteiger partial charge on any atom is -0.497 e. The Morgan fingerprint density at radius 3 is 2.25 bits per heavy atom. The van der Waals surface area contributed by atoms with Crippen molar-refractivity contribution in [3.63, 3.8) is 0 Å². The summed E-state index contributed by atoms with van der Waals surface area (Å²) in [6.45, 7) is 3.77. The summed E-state index contributed by atoms with van der Waals surface area (Å²) in [6.07, 6.45) is -4.70. The molecule has 1 amide bonds. The van der Waals surface area contributed by atoms with E-state index in [2.05, 4.69) is 15.4 Å². The Kier molecular flexibility index (Phi) is 5.33. The van der Waals surface area contributed by atoms with Gasteiger partial charge < -0.3 is 10.1 Å². The summed E-state index contributed by atoms with van der Waals surface area (Å²) in [7, 11) is 1.50. The number of halogens is 3. The number of carbonyl (C=O) groups excluding carboxylic acids is 1. The van der Waals surface area contributed by atoms with Crippen molar-refractivity contribution < 1.29 is 22.7 Å². The molecule has 6 nitrogen and oxygen atoms in total. The second-order valence-corrected chi connectivity index (χ2v) is 7.38. The van der Waals surface area contributed by atoms with Crippen LogP contribution in [0.15, 0.2) is 54.6 Å². The number of ether oxygens (including phenoxy) is 1. The van der Waals surface area contributed by atoms with Crippen LogP contribution in [-0.4, -0.2) is 27.6 Å². The van der Waals surface area contributed by atoms with E-state index >= 15 is 0 Å². The zero-order chi connectivity index (χ0) is 23.0. The van der Waals surface area contributed by atoms with E-state index in [-0.39, 0.29) is 17.0 Å². The number of rotatable bonds is 4. The van der Waals surface area contributed by atoms with Gasteiger partial charge in [-0.1, -0.05) is 6.07 Å². The quantitative estimate of drug-likeness (QED) is 0.468. The molecule has 1 N–H and O–H groups in total. The second kappa shape index (κ2) is 7.99. The summed E-state index contributed by atoms with van der Waals surface area (Å²) < 4.78 is 47.0. The number of hydrogen-bond donors (Lipinski definition) is 1. The van der Waals surface area contributed by atoms with Crippen molar-refractivity contribution in [1.29, 1.82) is 0 Å². The number of amides is 1. The van der Waals surface area contributed by atoms with Crippen LogP contribution in [0.4, 0.5) is 18.9 Å². The standard InChI is InChI=1S/C23H19F3N4O2/c1-13-8-14(2)10-16(9-13)27-22(31)19-12-21-28-18(15-4-6-17(32-3)7-5-15)11-20(23(24,25)26)30(21)29-19/h4-12H,1-3H3,(H,27,31). The molecule has 32 heavy (non-hydrogen) atoms. The number of carbonyl (C=O) groups is 1. The molecule has 0 bridgehead atoms. The topological polar surface area (TPSA) is 68.5 Å². The molecule has 9 heteroatoms. The van der Waals surface area contributed by atoms with Crippen LogP contribution in [0.5, 0.6) is 5.75 Å². The highest BCUT2D eigenvalue weighted by molar-refractivity contribution is 6.03. The lowest BCUT2D eigenvalue weighted by molar-refractivity contribution is -0.142. The van der Waals surface area contributed by atoms with Gasteiger partial charge in [0.25, 0.3) is 5.91 Å². The maximum atomic E-state index is 13.8. The Morgan fingerprint density at radius 2 is 1.66 bits per heavy atom. The van der Waals surface area contributed by atoms with Crippen LogP contribution in [0.3, 0.4) is 0 Å². The molecule has 4 rings (SSSR count). The number of aromatic nitrogens is 3. The molecule has 2 heterocycles. The van der Waals surface area contributed by atoms with E-state index in [1.807, 2.05) is 19.9 Å². The summed E-state index contributed by atoms with van der Waals surface area (Å²) in [5, 5.41) is 6.56. The maximum Gasteiger partial charge on any atom is 0.433 e. The smallest absolute Gasteiger partial charge is 0.433 e. The molecule has 0 saturated carbocycles. The molecule has 0 aliphatic carbocycles. The Bertz CT molecular complexity index is 1290. The molecule has 0 unspecified atom stereocenters. The summed E-state index contributed by atoms with van der Waals surface area (Å²) in [6, 6.07) is 14.1. The highest BCUT2D eigenvalue weighted by Gasteiger charge is 2.35. The third-order valence-electron chi connectivity index (χ3n) is 4.82. The fraction of sp³-hybridized carbons (Fsp3) is 0.174. The molecule has 0 radical (unpaired) electrons. The molecule has 0 fully saturated rings. The average Bonchev–Trinajstić information content (AvgIpc) is 3.16. The first kappa shape index (κ1) is 21.4. The monoisotopic (exact) mass is 440 g/mol. The lowest BCUT2D eigenvalue weighted by Crippen LogP contribution is -2.16. The maximum absolute atomic E-state index is 13.8. The Labute approximate surface area is 181 Å². The Balaban J connectivity index is 1.76. The zero-order valence-corrected chi connectivity index (χ0v) is 17.5. The van der Waals surface area contributed by atoms with Crippen molar-refractivity contribution in [1.82, 2.24) is 14.6 Å². The molecule has 0 aliphatic heterocycles. The number of benzene rings is 2. The minimum atomic E-state index is -4.70. The van der Waals surface area contributed by atoms with E-state index in [1.165, 1.54) is 13.2 Å². The van der Waals surface area contributed by atoms with Crippen molar-refractivity contribution in [2.24, 2.45) is 0 Å². The van der Waals surface area contributed by atoms with Crippen molar-refractivity contribution in [3.8, 4) is 17.0 Å². The normalized spacial score (nSPS) is 11.6. The molecular formula is C23H19F3N4O2. The molecule has 2 aromatic heterocycles. The summed E-state index contributed by atoms with van der Waals surface area (Å²) >= 11 is 0. The number of hydrogen-bond acceptors (Lipinski definition) is 4. The van der Waals surface area contributed by atoms with Gasteiger partial charge in [-0.3, -0.25) is 4.79 Å². The van der Waals surface area contributed by atoms with Gasteiger partial charge in [-0.15, -0.1) is 0 Å². The van der Waals surface area contributed by atoms with Gasteiger partial charge in [-0.05, 0) is 67.4 Å². The van der Waals surface area contributed by atoms with Crippen LogP contribution in [0.25, 0.3) is 16.9 Å². The number of aryl methyl sites for hydroxylation is 2. The first-order valence-corrected chi connectivity index (χ1v) is 9.66. The predicted octanol–water partition coefficient (Wildman–Crippen LogP) is 5.29. The average molecular weight is 440 g/mol. The van der Waals surface area contributed by atoms with E-state index in [1.54, 1.807) is 36.4 Å². The predicted molar refractivity (Wildman–Crippen MR) is 114 cm³/mol. The van der Waals surface area contributed by atoms with Crippen molar-refractivity contribution in [2.75, 3.05) is 12.4 Å². The van der Waals surface area contributed by atoms with Crippen molar-refractivity contribution in [2.45, 2.75) is 20.0 Å². The Hall–Kier alpha value is -3.88. The SMILES string of the molecule is COc1ccc(-c2cc(C(F)(F)F)n3nc(C(=O)Nc4cc(C)cc(C)c4)cc3n2)cc1. The number of nitrogens with zero attached hydrogens (tertiary/aromatic N) is 3. The van der Waals surface area contributed by atoms with Gasteiger partial charge in [0, 0.05) is 17.3 Å². The lowest BCUT2D eigenvalue weighted by atomic mass is 10.1. The number of fused-ring (bicyclic) bond motifs is 1. The van der Waals surface area contributed by atoms with Gasteiger partial charge >= 0.3 is 6.18 Å². The minimum absolute atomic E-state index is 0.0868. The first-order valence-electron chi connectivity index (χ1n) is 9.66. The van der Waals surface area contributed by atoms with Gasteiger partial charge in [-0.25, -0.2) is 9.50 Å². The summed E-state index contributed by atoms with van der Waals surface area (Å²) in [5.41, 5.74) is 1.72. The van der Waals surface area contributed by atoms with Crippen LogP contribution in [0, 0.1) is 13.8 Å². The number of nitrogens with one attached hydrogen (secondary N) is 1. The third kappa shape index (κ3) is 4.27. The largest absolute Gasteiger partial charge is 0.497 e. The van der Waals surface area contributed by atoms with E-state index in [0.717, 1.165) is 17.2 Å². The van der Waals surface area contributed by atoms with Crippen LogP contribution >= 0.6 is 0 Å². The number of alkyl halides is 3. The van der Waals surface area contributed by atoms with Gasteiger partial charge in [-0.2, -0.15) is 18.3 Å².